The van der Waals surface area contributed by atoms with Gasteiger partial charge in [-0.15, -0.1) is 16.8 Å². The van der Waals surface area contributed by atoms with Gasteiger partial charge in [-0.1, -0.05) is 30.0 Å². The summed E-state index contributed by atoms with van der Waals surface area (Å²) in [5, 5.41) is 14.3. The van der Waals surface area contributed by atoms with Crippen LogP contribution in [0, 0.1) is 5.82 Å². The molecule has 0 aliphatic heterocycles. The number of hydrogen-bond acceptors (Lipinski definition) is 6. The quantitative estimate of drug-likeness (QED) is 0.391. The molecule has 3 rings (SSSR count). The Morgan fingerprint density at radius 3 is 2.77 bits per heavy atom. The number of carbonyl (C=O) groups excluding carboxylic acids is 2. The fourth-order valence-electron chi connectivity index (χ4n) is 2.78. The zero-order chi connectivity index (χ0) is 22.2. The van der Waals surface area contributed by atoms with Crippen LogP contribution in [-0.4, -0.2) is 37.3 Å². The van der Waals surface area contributed by atoms with Crippen LogP contribution in [0.15, 0.2) is 66.6 Å². The highest BCUT2D eigenvalue weighted by Crippen LogP contribution is 2.21. The molecule has 0 fully saturated rings. The maximum atomic E-state index is 13.9. The number of aromatic nitrogens is 4. The van der Waals surface area contributed by atoms with E-state index in [2.05, 4.69) is 32.4 Å². The highest BCUT2D eigenvalue weighted by molar-refractivity contribution is 7.99. The minimum absolute atomic E-state index is 0.0502. The lowest BCUT2D eigenvalue weighted by molar-refractivity contribution is -0.113. The van der Waals surface area contributed by atoms with E-state index < -0.39 is 17.8 Å². The number of thioether (sulfide) groups is 1. The number of nitrogens with one attached hydrogen (secondary N) is 2. The van der Waals surface area contributed by atoms with E-state index in [1.165, 1.54) is 30.0 Å². The molecule has 0 saturated heterocycles. The van der Waals surface area contributed by atoms with Crippen LogP contribution in [-0.2, 0) is 11.3 Å². The van der Waals surface area contributed by atoms with Crippen LogP contribution in [0.25, 0.3) is 0 Å². The Hall–Kier alpha value is -3.53. The molecule has 0 radical (unpaired) electrons. The SMILES string of the molecule is C=CCn1c(SCC(=O)Nc2cccnc2)nnc1[C@@H](C)NC(=O)c1ccccc1F. The van der Waals surface area contributed by atoms with Gasteiger partial charge >= 0.3 is 0 Å². The maximum absolute atomic E-state index is 13.9. The third-order valence-electron chi connectivity index (χ3n) is 4.19. The minimum atomic E-state index is -0.601. The zero-order valence-corrected chi connectivity index (χ0v) is 17.6. The van der Waals surface area contributed by atoms with Crippen LogP contribution in [0.1, 0.15) is 29.1 Å². The normalized spacial score (nSPS) is 11.5. The summed E-state index contributed by atoms with van der Waals surface area (Å²) >= 11 is 1.21. The molecular weight excluding hydrogens is 419 g/mol. The number of pyridine rings is 1. The van der Waals surface area contributed by atoms with E-state index in [0.717, 1.165) is 0 Å². The van der Waals surface area contributed by atoms with Gasteiger partial charge in [0.25, 0.3) is 5.91 Å². The molecule has 0 unspecified atom stereocenters. The number of amides is 2. The summed E-state index contributed by atoms with van der Waals surface area (Å²) in [6, 6.07) is 8.68. The number of carbonyl (C=O) groups is 2. The lowest BCUT2D eigenvalue weighted by atomic mass is 10.2. The second-order valence-electron chi connectivity index (χ2n) is 6.49. The molecule has 0 aliphatic rings. The Morgan fingerprint density at radius 1 is 1.26 bits per heavy atom. The fourth-order valence-corrected chi connectivity index (χ4v) is 3.53. The molecule has 160 valence electrons. The van der Waals surface area contributed by atoms with Crippen molar-refractivity contribution in [2.45, 2.75) is 24.7 Å². The first-order chi connectivity index (χ1) is 15.0. The van der Waals surface area contributed by atoms with Crippen molar-refractivity contribution in [3.8, 4) is 0 Å². The number of anilines is 1. The zero-order valence-electron chi connectivity index (χ0n) is 16.8. The van der Waals surface area contributed by atoms with Gasteiger partial charge in [0.15, 0.2) is 11.0 Å². The van der Waals surface area contributed by atoms with E-state index in [9.17, 15) is 14.0 Å². The van der Waals surface area contributed by atoms with E-state index in [0.29, 0.717) is 23.2 Å². The molecule has 2 aromatic heterocycles. The van der Waals surface area contributed by atoms with Gasteiger partial charge in [0.05, 0.1) is 29.2 Å². The summed E-state index contributed by atoms with van der Waals surface area (Å²) in [6.07, 6.45) is 4.84. The minimum Gasteiger partial charge on any atom is -0.342 e. The van der Waals surface area contributed by atoms with E-state index >= 15 is 0 Å². The monoisotopic (exact) mass is 440 g/mol. The summed E-state index contributed by atoms with van der Waals surface area (Å²) in [5.41, 5.74) is 0.552. The number of hydrogen-bond donors (Lipinski definition) is 2. The first-order valence-electron chi connectivity index (χ1n) is 9.41. The number of rotatable bonds is 9. The van der Waals surface area contributed by atoms with E-state index in [1.807, 2.05) is 0 Å². The number of halogens is 1. The Bertz CT molecular complexity index is 1070. The predicted molar refractivity (Wildman–Crippen MR) is 116 cm³/mol. The largest absolute Gasteiger partial charge is 0.342 e. The lowest BCUT2D eigenvalue weighted by Crippen LogP contribution is -2.29. The summed E-state index contributed by atoms with van der Waals surface area (Å²) in [4.78, 5) is 28.6. The van der Waals surface area contributed by atoms with E-state index in [4.69, 9.17) is 0 Å². The molecule has 3 aromatic rings. The van der Waals surface area contributed by atoms with Crippen molar-refractivity contribution in [1.29, 1.82) is 0 Å². The number of allylic oxidation sites excluding steroid dienone is 1. The summed E-state index contributed by atoms with van der Waals surface area (Å²) < 4.78 is 15.6. The van der Waals surface area contributed by atoms with Crippen molar-refractivity contribution in [2.75, 3.05) is 11.1 Å². The van der Waals surface area contributed by atoms with Gasteiger partial charge < -0.3 is 15.2 Å². The Kier molecular flexibility index (Phi) is 7.50. The summed E-state index contributed by atoms with van der Waals surface area (Å²) in [7, 11) is 0. The fraction of sp³-hybridized carbons (Fsp3) is 0.190. The van der Waals surface area contributed by atoms with Crippen LogP contribution in [0.2, 0.25) is 0 Å². The molecule has 2 N–H and O–H groups in total. The van der Waals surface area contributed by atoms with Gasteiger partial charge in [0.1, 0.15) is 5.82 Å². The highest BCUT2D eigenvalue weighted by Gasteiger charge is 2.21. The molecule has 0 bridgehead atoms. The van der Waals surface area contributed by atoms with Gasteiger partial charge in [0.2, 0.25) is 5.91 Å². The third kappa shape index (κ3) is 5.76. The van der Waals surface area contributed by atoms with Gasteiger partial charge in [-0.3, -0.25) is 14.6 Å². The topological polar surface area (TPSA) is 102 Å². The van der Waals surface area contributed by atoms with Crippen LogP contribution in [0.5, 0.6) is 0 Å². The molecule has 2 amide bonds. The predicted octanol–water partition coefficient (Wildman–Crippen LogP) is 3.22. The number of nitrogens with zero attached hydrogens (tertiary/aromatic N) is 4. The second kappa shape index (κ2) is 10.5. The van der Waals surface area contributed by atoms with Gasteiger partial charge in [0, 0.05) is 12.7 Å². The first kappa shape index (κ1) is 22.2. The van der Waals surface area contributed by atoms with Crippen LogP contribution >= 0.6 is 11.8 Å². The van der Waals surface area contributed by atoms with Crippen molar-refractivity contribution in [1.82, 2.24) is 25.1 Å². The van der Waals surface area contributed by atoms with Gasteiger partial charge in [-0.05, 0) is 31.2 Å². The second-order valence-corrected chi connectivity index (χ2v) is 7.44. The summed E-state index contributed by atoms with van der Waals surface area (Å²) in [5.74, 6) is -0.784. The molecule has 31 heavy (non-hydrogen) atoms. The average molecular weight is 441 g/mol. The van der Waals surface area contributed by atoms with Gasteiger partial charge in [-0.25, -0.2) is 4.39 Å². The molecule has 0 spiro atoms. The van der Waals surface area contributed by atoms with Crippen LogP contribution in [0.4, 0.5) is 10.1 Å². The Balaban J connectivity index is 1.67. The first-order valence-corrected chi connectivity index (χ1v) is 10.4. The van der Waals surface area contributed by atoms with Crippen molar-refractivity contribution in [2.24, 2.45) is 0 Å². The molecule has 2 heterocycles. The van der Waals surface area contributed by atoms with Crippen molar-refractivity contribution >= 4 is 29.3 Å². The number of benzene rings is 1. The molecular formula is C21H21FN6O2S. The molecule has 0 saturated carbocycles. The standard InChI is InChI=1S/C21H21FN6O2S/c1-3-11-28-19(14(2)24-20(30)16-8-4-5-9-17(16)22)26-27-21(28)31-13-18(29)25-15-7-6-10-23-12-15/h3-10,12,14H,1,11,13H2,2H3,(H,24,30)(H,25,29)/t14-/m1/s1. The van der Waals surface area contributed by atoms with Crippen molar-refractivity contribution < 1.29 is 14.0 Å². The van der Waals surface area contributed by atoms with Crippen LogP contribution < -0.4 is 10.6 Å². The lowest BCUT2D eigenvalue weighted by Gasteiger charge is -2.15. The third-order valence-corrected chi connectivity index (χ3v) is 5.15. The van der Waals surface area contributed by atoms with E-state index in [1.54, 1.807) is 48.2 Å². The maximum Gasteiger partial charge on any atom is 0.254 e. The smallest absolute Gasteiger partial charge is 0.254 e. The van der Waals surface area contributed by atoms with Crippen molar-refractivity contribution in [3.05, 3.63) is 78.7 Å². The van der Waals surface area contributed by atoms with E-state index in [-0.39, 0.29) is 17.2 Å². The summed E-state index contributed by atoms with van der Waals surface area (Å²) in [6.45, 7) is 5.85. The molecule has 10 heteroatoms. The molecule has 0 aliphatic carbocycles. The van der Waals surface area contributed by atoms with Crippen LogP contribution in [0.3, 0.4) is 0 Å². The molecule has 1 atom stereocenters. The molecule has 1 aromatic carbocycles. The Labute approximate surface area is 183 Å². The highest BCUT2D eigenvalue weighted by atomic mass is 32.2. The average Bonchev–Trinajstić information content (AvgIpc) is 3.16. The Morgan fingerprint density at radius 2 is 2.06 bits per heavy atom. The van der Waals surface area contributed by atoms with Crippen molar-refractivity contribution in [3.63, 3.8) is 0 Å². The molecule has 8 nitrogen and oxygen atoms in total. The van der Waals surface area contributed by atoms with Gasteiger partial charge in [-0.2, -0.15) is 0 Å².